The Hall–Kier alpha value is -1.75. The number of urea groups is 1. The van der Waals surface area contributed by atoms with Gasteiger partial charge in [0.15, 0.2) is 0 Å². The van der Waals surface area contributed by atoms with Crippen LogP contribution in [-0.4, -0.2) is 31.9 Å². The number of rotatable bonds is 3. The number of ether oxygens (including phenoxy) is 2. The molecular formula is C15H20N2O3. The van der Waals surface area contributed by atoms with Crippen molar-refractivity contribution in [3.05, 3.63) is 29.8 Å². The SMILES string of the molecule is O=C(NC[C@H]1CCCO1)N[C@H]1CCOc2ccccc21. The molecule has 1 aromatic rings. The second kappa shape index (κ2) is 6.13. The van der Waals surface area contributed by atoms with Crippen LogP contribution in [0.3, 0.4) is 0 Å². The van der Waals surface area contributed by atoms with E-state index in [-0.39, 0.29) is 18.2 Å². The predicted octanol–water partition coefficient (Wildman–Crippen LogP) is 1.99. The van der Waals surface area contributed by atoms with E-state index in [0.717, 1.165) is 37.2 Å². The first-order valence-corrected chi connectivity index (χ1v) is 7.20. The number of amides is 2. The number of carbonyl (C=O) groups excluding carboxylic acids is 1. The zero-order valence-corrected chi connectivity index (χ0v) is 11.4. The number of fused-ring (bicyclic) bond motifs is 1. The van der Waals surface area contributed by atoms with Crippen molar-refractivity contribution in [2.75, 3.05) is 19.8 Å². The maximum atomic E-state index is 12.0. The minimum absolute atomic E-state index is 0.0180. The second-order valence-corrected chi connectivity index (χ2v) is 5.22. The monoisotopic (exact) mass is 276 g/mol. The topological polar surface area (TPSA) is 59.6 Å². The first kappa shape index (κ1) is 13.2. The molecule has 5 heteroatoms. The van der Waals surface area contributed by atoms with Crippen molar-refractivity contribution in [1.82, 2.24) is 10.6 Å². The van der Waals surface area contributed by atoms with E-state index in [9.17, 15) is 4.79 Å². The number of hydrogen-bond acceptors (Lipinski definition) is 3. The lowest BCUT2D eigenvalue weighted by Gasteiger charge is -2.26. The zero-order valence-electron chi connectivity index (χ0n) is 11.4. The van der Waals surface area contributed by atoms with Gasteiger partial charge in [-0.2, -0.15) is 0 Å². The summed E-state index contributed by atoms with van der Waals surface area (Å²) in [5.74, 6) is 0.864. The minimum Gasteiger partial charge on any atom is -0.493 e. The molecule has 2 N–H and O–H groups in total. The Balaban J connectivity index is 1.54. The summed E-state index contributed by atoms with van der Waals surface area (Å²) in [6.45, 7) is 2.02. The number of benzene rings is 1. The van der Waals surface area contributed by atoms with E-state index in [4.69, 9.17) is 9.47 Å². The Kier molecular flexibility index (Phi) is 4.06. The van der Waals surface area contributed by atoms with Crippen LogP contribution in [0.1, 0.15) is 30.9 Å². The van der Waals surface area contributed by atoms with E-state index in [2.05, 4.69) is 10.6 Å². The molecule has 108 valence electrons. The lowest BCUT2D eigenvalue weighted by Crippen LogP contribution is -2.42. The highest BCUT2D eigenvalue weighted by molar-refractivity contribution is 5.74. The zero-order chi connectivity index (χ0) is 13.8. The highest BCUT2D eigenvalue weighted by Gasteiger charge is 2.23. The van der Waals surface area contributed by atoms with Gasteiger partial charge in [0.1, 0.15) is 5.75 Å². The Bertz CT molecular complexity index is 472. The van der Waals surface area contributed by atoms with Crippen LogP contribution in [0.2, 0.25) is 0 Å². The lowest BCUT2D eigenvalue weighted by atomic mass is 10.0. The molecule has 2 heterocycles. The van der Waals surface area contributed by atoms with Gasteiger partial charge in [0.25, 0.3) is 0 Å². The largest absolute Gasteiger partial charge is 0.493 e. The van der Waals surface area contributed by atoms with E-state index in [0.29, 0.717) is 13.2 Å². The molecule has 1 saturated heterocycles. The quantitative estimate of drug-likeness (QED) is 0.887. The average Bonchev–Trinajstić information content (AvgIpc) is 2.99. The standard InChI is InChI=1S/C15H20N2O3/c18-15(16-10-11-4-3-8-19-11)17-13-7-9-20-14-6-2-1-5-12(13)14/h1-2,5-6,11,13H,3-4,7-10H2,(H2,16,17,18)/t11-,13+/m1/s1. The fraction of sp³-hybridized carbons (Fsp3) is 0.533. The van der Waals surface area contributed by atoms with Crippen LogP contribution >= 0.6 is 0 Å². The van der Waals surface area contributed by atoms with E-state index in [1.165, 1.54) is 0 Å². The minimum atomic E-state index is -0.137. The van der Waals surface area contributed by atoms with Gasteiger partial charge in [-0.1, -0.05) is 18.2 Å². The molecule has 0 saturated carbocycles. The summed E-state index contributed by atoms with van der Waals surface area (Å²) in [5, 5.41) is 5.90. The molecule has 0 bridgehead atoms. The molecule has 0 aliphatic carbocycles. The Morgan fingerprint density at radius 1 is 1.25 bits per heavy atom. The maximum absolute atomic E-state index is 12.0. The molecule has 2 aliphatic rings. The number of para-hydroxylation sites is 1. The Morgan fingerprint density at radius 3 is 3.00 bits per heavy atom. The molecule has 2 atom stereocenters. The van der Waals surface area contributed by atoms with Crippen molar-refractivity contribution in [3.63, 3.8) is 0 Å². The predicted molar refractivity (Wildman–Crippen MR) is 74.8 cm³/mol. The van der Waals surface area contributed by atoms with Crippen LogP contribution in [0.15, 0.2) is 24.3 Å². The summed E-state index contributed by atoms with van der Waals surface area (Å²) in [5.41, 5.74) is 1.05. The van der Waals surface area contributed by atoms with Gasteiger partial charge in [-0.3, -0.25) is 0 Å². The number of carbonyl (C=O) groups is 1. The molecule has 3 rings (SSSR count). The Morgan fingerprint density at radius 2 is 2.15 bits per heavy atom. The first-order chi connectivity index (χ1) is 9.83. The van der Waals surface area contributed by atoms with Crippen molar-refractivity contribution < 1.29 is 14.3 Å². The van der Waals surface area contributed by atoms with Gasteiger partial charge in [0.2, 0.25) is 0 Å². The van der Waals surface area contributed by atoms with Crippen molar-refractivity contribution >= 4 is 6.03 Å². The average molecular weight is 276 g/mol. The Labute approximate surface area is 118 Å². The molecule has 5 nitrogen and oxygen atoms in total. The summed E-state index contributed by atoms with van der Waals surface area (Å²) in [6, 6.07) is 7.73. The van der Waals surface area contributed by atoms with Crippen LogP contribution in [0.4, 0.5) is 4.79 Å². The van der Waals surface area contributed by atoms with Crippen LogP contribution in [0.5, 0.6) is 5.75 Å². The third-order valence-corrected chi connectivity index (χ3v) is 3.78. The normalized spacial score (nSPS) is 24.6. The summed E-state index contributed by atoms with van der Waals surface area (Å²) >= 11 is 0. The van der Waals surface area contributed by atoms with Crippen molar-refractivity contribution in [2.24, 2.45) is 0 Å². The summed E-state index contributed by atoms with van der Waals surface area (Å²) < 4.78 is 11.1. The van der Waals surface area contributed by atoms with Crippen LogP contribution < -0.4 is 15.4 Å². The molecular weight excluding hydrogens is 256 g/mol. The van der Waals surface area contributed by atoms with Crippen LogP contribution in [-0.2, 0) is 4.74 Å². The number of nitrogens with one attached hydrogen (secondary N) is 2. The summed E-state index contributed by atoms with van der Waals surface area (Å²) in [7, 11) is 0. The molecule has 0 spiro atoms. The first-order valence-electron chi connectivity index (χ1n) is 7.20. The summed E-state index contributed by atoms with van der Waals surface area (Å²) in [4.78, 5) is 12.0. The molecule has 0 radical (unpaired) electrons. The lowest BCUT2D eigenvalue weighted by molar-refractivity contribution is 0.111. The molecule has 1 fully saturated rings. The smallest absolute Gasteiger partial charge is 0.315 e. The molecule has 1 aromatic carbocycles. The van der Waals surface area contributed by atoms with Crippen molar-refractivity contribution in [3.8, 4) is 5.75 Å². The van der Waals surface area contributed by atoms with E-state index < -0.39 is 0 Å². The maximum Gasteiger partial charge on any atom is 0.315 e. The van der Waals surface area contributed by atoms with Gasteiger partial charge in [0.05, 0.1) is 18.8 Å². The van der Waals surface area contributed by atoms with Gasteiger partial charge < -0.3 is 20.1 Å². The van der Waals surface area contributed by atoms with E-state index in [1.807, 2.05) is 24.3 Å². The number of hydrogen-bond donors (Lipinski definition) is 2. The van der Waals surface area contributed by atoms with Crippen molar-refractivity contribution in [2.45, 2.75) is 31.4 Å². The molecule has 2 aliphatic heterocycles. The third kappa shape index (κ3) is 3.04. The second-order valence-electron chi connectivity index (χ2n) is 5.22. The molecule has 0 unspecified atom stereocenters. The van der Waals surface area contributed by atoms with E-state index >= 15 is 0 Å². The van der Waals surface area contributed by atoms with Gasteiger partial charge >= 0.3 is 6.03 Å². The summed E-state index contributed by atoms with van der Waals surface area (Å²) in [6.07, 6.45) is 3.08. The molecule has 0 aromatic heterocycles. The highest BCUT2D eigenvalue weighted by Crippen LogP contribution is 2.31. The van der Waals surface area contributed by atoms with Gasteiger partial charge in [-0.15, -0.1) is 0 Å². The van der Waals surface area contributed by atoms with Crippen LogP contribution in [0, 0.1) is 0 Å². The third-order valence-electron chi connectivity index (χ3n) is 3.78. The fourth-order valence-corrected chi connectivity index (χ4v) is 2.71. The van der Waals surface area contributed by atoms with Crippen LogP contribution in [0.25, 0.3) is 0 Å². The highest BCUT2D eigenvalue weighted by atomic mass is 16.5. The van der Waals surface area contributed by atoms with E-state index in [1.54, 1.807) is 0 Å². The van der Waals surface area contributed by atoms with Crippen molar-refractivity contribution in [1.29, 1.82) is 0 Å². The molecule has 2 amide bonds. The fourth-order valence-electron chi connectivity index (χ4n) is 2.71. The van der Waals surface area contributed by atoms with Gasteiger partial charge in [-0.25, -0.2) is 4.79 Å². The van der Waals surface area contributed by atoms with Gasteiger partial charge in [0, 0.05) is 25.1 Å². The van der Waals surface area contributed by atoms with Gasteiger partial charge in [-0.05, 0) is 18.9 Å². The molecule has 20 heavy (non-hydrogen) atoms.